The summed E-state index contributed by atoms with van der Waals surface area (Å²) in [6.45, 7) is 4.53. The van der Waals surface area contributed by atoms with Gasteiger partial charge < -0.3 is 10.4 Å². The van der Waals surface area contributed by atoms with E-state index in [1.807, 2.05) is 80.7 Å². The summed E-state index contributed by atoms with van der Waals surface area (Å²) in [6.07, 6.45) is 30.6. The topological polar surface area (TPSA) is 66.4 Å². The Bertz CT molecular complexity index is 833. The number of rotatable bonds is 0. The van der Waals surface area contributed by atoms with Gasteiger partial charge in [0.2, 0.25) is 5.91 Å². The molecule has 0 fully saturated rings. The molecule has 4 nitrogen and oxygen atoms in total. The molecule has 31 heavy (non-hydrogen) atoms. The maximum Gasteiger partial charge on any atom is 0.243 e. The van der Waals surface area contributed by atoms with Gasteiger partial charge in [0.1, 0.15) is 0 Å². The van der Waals surface area contributed by atoms with Crippen molar-refractivity contribution in [2.75, 3.05) is 6.54 Å². The number of aliphatic hydroxyl groups is 1. The van der Waals surface area contributed by atoms with Crippen molar-refractivity contribution in [2.24, 2.45) is 5.92 Å². The van der Waals surface area contributed by atoms with Crippen LogP contribution in [0.2, 0.25) is 0 Å². The Kier molecular flexibility index (Phi) is 13.8. The van der Waals surface area contributed by atoms with Crippen molar-refractivity contribution in [3.05, 3.63) is 109 Å². The number of carbonyl (C=O) groups excluding carboxylic acids is 2. The lowest BCUT2D eigenvalue weighted by atomic mass is 10.1. The van der Waals surface area contributed by atoms with Crippen LogP contribution in [0.15, 0.2) is 109 Å². The van der Waals surface area contributed by atoms with Crippen molar-refractivity contribution in [3.63, 3.8) is 0 Å². The van der Waals surface area contributed by atoms with Crippen LogP contribution < -0.4 is 5.32 Å². The standard InChI is InChI=1S/C27H33NO3/c1-23-15-11-9-10-14-18-27(31)28-22-24(2)16-12-7-5-3-4-6-8-13-17-25(29)21-26(30)20-19-23/h3-19,24,26,30H,20-22H2,1-2H3,(H,28,31)/b4-3-,7-5+,8-6+,10-9-,15-11+,16-12-,17-13+,18-14-,23-19-/t24-,26-/m1/s1. The van der Waals surface area contributed by atoms with Crippen molar-refractivity contribution in [3.8, 4) is 0 Å². The van der Waals surface area contributed by atoms with Gasteiger partial charge in [0, 0.05) is 19.0 Å². The molecule has 0 aromatic heterocycles. The first-order chi connectivity index (χ1) is 15.0. The van der Waals surface area contributed by atoms with Gasteiger partial charge in [-0.1, -0.05) is 104 Å². The van der Waals surface area contributed by atoms with Crippen LogP contribution in [0.4, 0.5) is 0 Å². The lowest BCUT2D eigenvalue weighted by molar-refractivity contribution is -0.117. The van der Waals surface area contributed by atoms with Gasteiger partial charge in [0.25, 0.3) is 0 Å². The predicted octanol–water partition coefficient (Wildman–Crippen LogP) is 4.86. The predicted molar refractivity (Wildman–Crippen MR) is 129 cm³/mol. The monoisotopic (exact) mass is 419 g/mol. The maximum atomic E-state index is 11.9. The minimum Gasteiger partial charge on any atom is -0.392 e. The fourth-order valence-corrected chi connectivity index (χ4v) is 2.44. The van der Waals surface area contributed by atoms with E-state index in [1.54, 1.807) is 24.3 Å². The van der Waals surface area contributed by atoms with Gasteiger partial charge in [-0.05, 0) is 25.3 Å². The van der Waals surface area contributed by atoms with Crippen LogP contribution in [0, 0.1) is 5.92 Å². The number of hydrogen-bond donors (Lipinski definition) is 2. The average Bonchev–Trinajstić information content (AvgIpc) is 2.73. The van der Waals surface area contributed by atoms with E-state index in [4.69, 9.17) is 0 Å². The van der Waals surface area contributed by atoms with Gasteiger partial charge in [0.15, 0.2) is 5.78 Å². The zero-order valence-electron chi connectivity index (χ0n) is 18.4. The van der Waals surface area contributed by atoms with Gasteiger partial charge in [-0.3, -0.25) is 9.59 Å². The molecule has 1 aliphatic heterocycles. The molecular formula is C27H33NO3. The second-order valence-electron chi connectivity index (χ2n) is 7.23. The molecule has 0 saturated heterocycles. The minimum absolute atomic E-state index is 0.0912. The van der Waals surface area contributed by atoms with E-state index in [2.05, 4.69) is 5.32 Å². The second-order valence-corrected chi connectivity index (χ2v) is 7.23. The SMILES string of the molecule is CC1=C/C[C@@H](O)CC(=O)/C=C/C=C/C=C\C=C\C=C/[C@@H](C)CNC(=O)\C=C/C=C\C=C\1. The molecule has 0 spiro atoms. The Morgan fingerprint density at radius 2 is 1.35 bits per heavy atom. The molecule has 164 valence electrons. The molecule has 1 amide bonds. The number of nitrogens with one attached hydrogen (secondary N) is 1. The van der Waals surface area contributed by atoms with E-state index >= 15 is 0 Å². The van der Waals surface area contributed by atoms with Crippen LogP contribution in [0.5, 0.6) is 0 Å². The molecule has 0 aromatic carbocycles. The highest BCUT2D eigenvalue weighted by Crippen LogP contribution is 2.05. The molecule has 1 rings (SSSR count). The summed E-state index contributed by atoms with van der Waals surface area (Å²) in [7, 11) is 0. The lowest BCUT2D eigenvalue weighted by Gasteiger charge is -2.05. The number of amides is 1. The van der Waals surface area contributed by atoms with Gasteiger partial charge in [-0.2, -0.15) is 0 Å². The molecular weight excluding hydrogens is 386 g/mol. The summed E-state index contributed by atoms with van der Waals surface area (Å²) in [6, 6.07) is 0. The maximum absolute atomic E-state index is 11.9. The Labute approximate surface area is 186 Å². The van der Waals surface area contributed by atoms with Crippen molar-refractivity contribution in [2.45, 2.75) is 32.8 Å². The van der Waals surface area contributed by atoms with Crippen LogP contribution in [-0.4, -0.2) is 29.4 Å². The number of allylic oxidation sites excluding steroid dienone is 15. The van der Waals surface area contributed by atoms with Crippen LogP contribution >= 0.6 is 0 Å². The molecule has 0 aliphatic carbocycles. The van der Waals surface area contributed by atoms with Crippen LogP contribution in [0.3, 0.4) is 0 Å². The third-order valence-electron chi connectivity index (χ3n) is 4.19. The molecule has 0 unspecified atom stereocenters. The Morgan fingerprint density at radius 3 is 2.03 bits per heavy atom. The van der Waals surface area contributed by atoms with E-state index in [-0.39, 0.29) is 24.0 Å². The van der Waals surface area contributed by atoms with Gasteiger partial charge in [0.05, 0.1) is 6.10 Å². The third-order valence-corrected chi connectivity index (χ3v) is 4.19. The molecule has 1 heterocycles. The first-order valence-corrected chi connectivity index (χ1v) is 10.5. The number of aliphatic hydroxyl groups excluding tert-OH is 1. The van der Waals surface area contributed by atoms with Gasteiger partial charge in [-0.15, -0.1) is 0 Å². The van der Waals surface area contributed by atoms with E-state index in [0.717, 1.165) is 5.57 Å². The van der Waals surface area contributed by atoms with E-state index in [1.165, 1.54) is 12.2 Å². The molecule has 0 aromatic rings. The van der Waals surface area contributed by atoms with Crippen molar-refractivity contribution < 1.29 is 14.7 Å². The zero-order chi connectivity index (χ0) is 22.7. The Morgan fingerprint density at radius 1 is 0.806 bits per heavy atom. The van der Waals surface area contributed by atoms with E-state index in [0.29, 0.717) is 13.0 Å². The molecule has 1 aliphatic rings. The Hall–Kier alpha value is -3.24. The summed E-state index contributed by atoms with van der Waals surface area (Å²) < 4.78 is 0. The summed E-state index contributed by atoms with van der Waals surface area (Å²) >= 11 is 0. The fraction of sp³-hybridized carbons (Fsp3) is 0.259. The summed E-state index contributed by atoms with van der Waals surface area (Å²) in [5.74, 6) is -0.0183. The third kappa shape index (κ3) is 15.3. The first kappa shape index (κ1) is 25.8. The molecule has 0 saturated carbocycles. The van der Waals surface area contributed by atoms with Crippen molar-refractivity contribution in [1.29, 1.82) is 0 Å². The van der Waals surface area contributed by atoms with E-state index in [9.17, 15) is 14.7 Å². The zero-order valence-corrected chi connectivity index (χ0v) is 18.4. The van der Waals surface area contributed by atoms with Crippen molar-refractivity contribution >= 4 is 11.7 Å². The molecule has 2 N–H and O–H groups in total. The fourth-order valence-electron chi connectivity index (χ4n) is 2.44. The van der Waals surface area contributed by atoms with Crippen LogP contribution in [0.25, 0.3) is 0 Å². The number of carbonyl (C=O) groups is 2. The number of ketones is 1. The summed E-state index contributed by atoms with van der Waals surface area (Å²) in [5, 5.41) is 12.9. The Balaban J connectivity index is 2.80. The summed E-state index contributed by atoms with van der Waals surface area (Å²) in [5.41, 5.74) is 0.987. The molecule has 4 heteroatoms. The molecule has 2 atom stereocenters. The normalized spacial score (nSPS) is 32.4. The largest absolute Gasteiger partial charge is 0.392 e. The van der Waals surface area contributed by atoms with Gasteiger partial charge >= 0.3 is 0 Å². The first-order valence-electron chi connectivity index (χ1n) is 10.5. The molecule has 0 bridgehead atoms. The highest BCUT2D eigenvalue weighted by atomic mass is 16.3. The van der Waals surface area contributed by atoms with Gasteiger partial charge in [-0.25, -0.2) is 0 Å². The van der Waals surface area contributed by atoms with E-state index < -0.39 is 6.10 Å². The smallest absolute Gasteiger partial charge is 0.243 e. The second kappa shape index (κ2) is 16.5. The summed E-state index contributed by atoms with van der Waals surface area (Å²) in [4.78, 5) is 23.7. The van der Waals surface area contributed by atoms with Crippen LogP contribution in [0.1, 0.15) is 26.7 Å². The highest BCUT2D eigenvalue weighted by Gasteiger charge is 2.06. The quantitative estimate of drug-likeness (QED) is 0.589. The van der Waals surface area contributed by atoms with Crippen molar-refractivity contribution in [1.82, 2.24) is 5.32 Å². The molecule has 0 radical (unpaired) electrons. The average molecular weight is 420 g/mol. The lowest BCUT2D eigenvalue weighted by Crippen LogP contribution is -2.25. The number of hydrogen-bond acceptors (Lipinski definition) is 3. The minimum atomic E-state index is -0.708. The van der Waals surface area contributed by atoms with Crippen LogP contribution in [-0.2, 0) is 9.59 Å². The highest BCUT2D eigenvalue weighted by molar-refractivity contribution is 5.90.